The van der Waals surface area contributed by atoms with Gasteiger partial charge in [-0.05, 0) is 29.3 Å². The van der Waals surface area contributed by atoms with Gasteiger partial charge in [-0.3, -0.25) is 15.1 Å². The lowest BCUT2D eigenvalue weighted by atomic mass is 10.0. The number of nitro benzene ring substituents is 1. The van der Waals surface area contributed by atoms with Crippen molar-refractivity contribution in [2.24, 2.45) is 0 Å². The van der Waals surface area contributed by atoms with Crippen LogP contribution in [-0.2, 0) is 6.54 Å². The van der Waals surface area contributed by atoms with Gasteiger partial charge in [0.2, 0.25) is 0 Å². The molecule has 26 heavy (non-hydrogen) atoms. The number of nitrogens with zero attached hydrogens (tertiary/aromatic N) is 2. The smallest absolute Gasteiger partial charge is 0.311 e. The maximum absolute atomic E-state index is 11.2. The van der Waals surface area contributed by atoms with E-state index in [0.717, 1.165) is 16.8 Å². The normalized spacial score (nSPS) is 11.7. The van der Waals surface area contributed by atoms with Crippen LogP contribution in [0.25, 0.3) is 0 Å². The first-order chi connectivity index (χ1) is 12.7. The highest BCUT2D eigenvalue weighted by Gasteiger charge is 2.17. The largest absolute Gasteiger partial charge is 0.490 e. The molecule has 0 fully saturated rings. The van der Waals surface area contributed by atoms with Gasteiger partial charge >= 0.3 is 5.69 Å². The fourth-order valence-corrected chi connectivity index (χ4v) is 2.79. The second kappa shape index (κ2) is 8.22. The topological polar surface area (TPSA) is 77.3 Å². The monoisotopic (exact) mass is 349 g/mol. The van der Waals surface area contributed by atoms with E-state index in [1.807, 2.05) is 54.6 Å². The van der Waals surface area contributed by atoms with Crippen LogP contribution < -0.4 is 10.1 Å². The van der Waals surface area contributed by atoms with Gasteiger partial charge in [0.15, 0.2) is 5.75 Å². The minimum atomic E-state index is -0.435. The van der Waals surface area contributed by atoms with Gasteiger partial charge in [-0.1, -0.05) is 42.5 Å². The minimum Gasteiger partial charge on any atom is -0.490 e. The summed E-state index contributed by atoms with van der Waals surface area (Å²) in [5.41, 5.74) is 2.73. The molecule has 0 bridgehead atoms. The molecule has 0 aliphatic carbocycles. The number of hydrogen-bond acceptors (Lipinski definition) is 5. The van der Waals surface area contributed by atoms with Gasteiger partial charge in [0.1, 0.15) is 0 Å². The van der Waals surface area contributed by atoms with Gasteiger partial charge in [-0.15, -0.1) is 0 Å². The summed E-state index contributed by atoms with van der Waals surface area (Å²) < 4.78 is 5.05. The maximum atomic E-state index is 11.2. The standard InChI is InChI=1S/C20H19N3O3/c1-26-19-11-10-15(13-18(19)23(24)25)14-22-20(16-7-3-2-4-8-16)17-9-5-6-12-21-17/h2-13,20,22H,14H2,1H3. The Bertz CT molecular complexity index is 830. The van der Waals surface area contributed by atoms with Crippen LogP contribution in [-0.4, -0.2) is 17.0 Å². The number of ether oxygens (including phenoxy) is 1. The average Bonchev–Trinajstić information content (AvgIpc) is 2.69. The van der Waals surface area contributed by atoms with Crippen molar-refractivity contribution < 1.29 is 9.66 Å². The Morgan fingerprint density at radius 1 is 1.12 bits per heavy atom. The van der Waals surface area contributed by atoms with Crippen LogP contribution >= 0.6 is 0 Å². The number of nitro groups is 1. The zero-order valence-corrected chi connectivity index (χ0v) is 14.3. The first kappa shape index (κ1) is 17.6. The Morgan fingerprint density at radius 2 is 1.88 bits per heavy atom. The molecule has 0 spiro atoms. The van der Waals surface area contributed by atoms with Crippen molar-refractivity contribution in [1.82, 2.24) is 10.3 Å². The average molecular weight is 349 g/mol. The molecule has 1 aromatic heterocycles. The van der Waals surface area contributed by atoms with Crippen LogP contribution in [0.4, 0.5) is 5.69 Å². The second-order valence-electron chi connectivity index (χ2n) is 5.74. The number of aromatic nitrogens is 1. The van der Waals surface area contributed by atoms with Crippen LogP contribution in [0.1, 0.15) is 22.9 Å². The summed E-state index contributed by atoms with van der Waals surface area (Å²) in [5.74, 6) is 0.253. The number of methoxy groups -OCH3 is 1. The lowest BCUT2D eigenvalue weighted by Gasteiger charge is -2.19. The Hall–Kier alpha value is -3.25. The number of pyridine rings is 1. The fraction of sp³-hybridized carbons (Fsp3) is 0.150. The predicted molar refractivity (Wildman–Crippen MR) is 99.0 cm³/mol. The van der Waals surface area contributed by atoms with Gasteiger partial charge in [0.05, 0.1) is 23.8 Å². The van der Waals surface area contributed by atoms with E-state index in [1.54, 1.807) is 12.3 Å². The SMILES string of the molecule is COc1ccc(CNC(c2ccccc2)c2ccccn2)cc1[N+](=O)[O-]. The molecule has 2 aromatic carbocycles. The van der Waals surface area contributed by atoms with Gasteiger partial charge in [0, 0.05) is 18.8 Å². The molecular formula is C20H19N3O3. The molecule has 6 nitrogen and oxygen atoms in total. The summed E-state index contributed by atoms with van der Waals surface area (Å²) in [5, 5.41) is 14.7. The quantitative estimate of drug-likeness (QED) is 0.517. The highest BCUT2D eigenvalue weighted by Crippen LogP contribution is 2.28. The first-order valence-electron chi connectivity index (χ1n) is 8.19. The zero-order valence-electron chi connectivity index (χ0n) is 14.3. The number of rotatable bonds is 7. The molecule has 0 aliphatic rings. The van der Waals surface area contributed by atoms with E-state index in [4.69, 9.17) is 4.74 Å². The summed E-state index contributed by atoms with van der Waals surface area (Å²) in [4.78, 5) is 15.2. The van der Waals surface area contributed by atoms with Crippen molar-refractivity contribution in [3.05, 3.63) is 99.9 Å². The Labute approximate surface area is 151 Å². The summed E-state index contributed by atoms with van der Waals surface area (Å²) in [6.45, 7) is 0.459. The first-order valence-corrected chi connectivity index (χ1v) is 8.19. The molecule has 6 heteroatoms. The van der Waals surface area contributed by atoms with Crippen molar-refractivity contribution in [3.8, 4) is 5.75 Å². The van der Waals surface area contributed by atoms with Crippen molar-refractivity contribution in [3.63, 3.8) is 0 Å². The molecule has 1 unspecified atom stereocenters. The third kappa shape index (κ3) is 4.04. The van der Waals surface area contributed by atoms with Crippen molar-refractivity contribution >= 4 is 5.69 Å². The van der Waals surface area contributed by atoms with Crippen LogP contribution in [0, 0.1) is 10.1 Å². The minimum absolute atomic E-state index is 0.0408. The van der Waals surface area contributed by atoms with E-state index in [0.29, 0.717) is 6.54 Å². The molecule has 0 saturated heterocycles. The predicted octanol–water partition coefficient (Wildman–Crippen LogP) is 3.88. The number of benzene rings is 2. The fourth-order valence-electron chi connectivity index (χ4n) is 2.79. The highest BCUT2D eigenvalue weighted by atomic mass is 16.6. The van der Waals surface area contributed by atoms with E-state index in [2.05, 4.69) is 10.3 Å². The molecule has 1 N–H and O–H groups in total. The van der Waals surface area contributed by atoms with E-state index in [-0.39, 0.29) is 17.5 Å². The number of hydrogen-bond donors (Lipinski definition) is 1. The Kier molecular flexibility index (Phi) is 5.56. The van der Waals surface area contributed by atoms with Gasteiger partial charge < -0.3 is 10.1 Å². The summed E-state index contributed by atoms with van der Waals surface area (Å²) >= 11 is 0. The summed E-state index contributed by atoms with van der Waals surface area (Å²) in [6, 6.07) is 20.6. The van der Waals surface area contributed by atoms with E-state index in [9.17, 15) is 10.1 Å². The van der Waals surface area contributed by atoms with Gasteiger partial charge in [-0.25, -0.2) is 0 Å². The molecular weight excluding hydrogens is 330 g/mol. The van der Waals surface area contributed by atoms with Crippen LogP contribution in [0.5, 0.6) is 5.75 Å². The zero-order chi connectivity index (χ0) is 18.4. The summed E-state index contributed by atoms with van der Waals surface area (Å²) in [7, 11) is 1.42. The molecule has 3 aromatic rings. The third-order valence-electron chi connectivity index (χ3n) is 4.07. The molecule has 3 rings (SSSR count). The maximum Gasteiger partial charge on any atom is 0.311 e. The van der Waals surface area contributed by atoms with E-state index >= 15 is 0 Å². The molecule has 0 aliphatic heterocycles. The second-order valence-corrected chi connectivity index (χ2v) is 5.74. The van der Waals surface area contributed by atoms with Crippen molar-refractivity contribution in [2.75, 3.05) is 7.11 Å². The Balaban J connectivity index is 1.85. The van der Waals surface area contributed by atoms with Crippen molar-refractivity contribution in [2.45, 2.75) is 12.6 Å². The molecule has 0 amide bonds. The molecule has 1 atom stereocenters. The van der Waals surface area contributed by atoms with Crippen LogP contribution in [0.3, 0.4) is 0 Å². The van der Waals surface area contributed by atoms with Crippen molar-refractivity contribution in [1.29, 1.82) is 0 Å². The lowest BCUT2D eigenvalue weighted by Crippen LogP contribution is -2.23. The molecule has 0 radical (unpaired) electrons. The Morgan fingerprint density at radius 3 is 2.54 bits per heavy atom. The highest BCUT2D eigenvalue weighted by molar-refractivity contribution is 5.48. The van der Waals surface area contributed by atoms with Gasteiger partial charge in [0.25, 0.3) is 0 Å². The van der Waals surface area contributed by atoms with Crippen LogP contribution in [0.2, 0.25) is 0 Å². The van der Waals surface area contributed by atoms with Gasteiger partial charge in [-0.2, -0.15) is 0 Å². The number of nitrogens with one attached hydrogen (secondary N) is 1. The molecule has 1 heterocycles. The molecule has 132 valence electrons. The van der Waals surface area contributed by atoms with E-state index in [1.165, 1.54) is 13.2 Å². The molecule has 0 saturated carbocycles. The van der Waals surface area contributed by atoms with Crippen LogP contribution in [0.15, 0.2) is 72.9 Å². The van der Waals surface area contributed by atoms with E-state index < -0.39 is 4.92 Å². The lowest BCUT2D eigenvalue weighted by molar-refractivity contribution is -0.385. The third-order valence-corrected chi connectivity index (χ3v) is 4.07. The summed E-state index contributed by atoms with van der Waals surface area (Å²) in [6.07, 6.45) is 1.76.